The summed E-state index contributed by atoms with van der Waals surface area (Å²) in [5.74, 6) is 1.11. The Hall–Kier alpha value is -2.36. The van der Waals surface area contributed by atoms with Crippen molar-refractivity contribution in [2.75, 3.05) is 14.2 Å². The molecule has 0 aliphatic heterocycles. The van der Waals surface area contributed by atoms with Crippen molar-refractivity contribution >= 4 is 5.78 Å². The van der Waals surface area contributed by atoms with E-state index in [9.17, 15) is 4.79 Å². The number of hydrogen-bond donors (Lipinski definition) is 0. The molecule has 0 unspecified atom stereocenters. The number of ether oxygens (including phenoxy) is 2. The summed E-state index contributed by atoms with van der Waals surface area (Å²) in [6.07, 6.45) is 3.28. The van der Waals surface area contributed by atoms with Crippen LogP contribution in [0, 0.1) is 6.92 Å². The molecule has 19 heavy (non-hydrogen) atoms. The second-order valence-electron chi connectivity index (χ2n) is 4.12. The number of benzene rings is 1. The van der Waals surface area contributed by atoms with Crippen LogP contribution in [0.5, 0.6) is 11.5 Å². The molecule has 0 amide bonds. The molecule has 0 bridgehead atoms. The van der Waals surface area contributed by atoms with Crippen LogP contribution in [0.3, 0.4) is 0 Å². The fourth-order valence-corrected chi connectivity index (χ4v) is 1.82. The topological polar surface area (TPSA) is 48.4 Å². The molecule has 0 radical (unpaired) electrons. The van der Waals surface area contributed by atoms with Crippen LogP contribution in [0.15, 0.2) is 36.7 Å². The SMILES string of the molecule is COc1cc(OC)cc(C(=O)c2ccncc2C)c1. The van der Waals surface area contributed by atoms with Gasteiger partial charge in [-0.15, -0.1) is 0 Å². The molecule has 0 aliphatic rings. The summed E-state index contributed by atoms with van der Waals surface area (Å²) in [5.41, 5.74) is 2.00. The smallest absolute Gasteiger partial charge is 0.193 e. The molecule has 98 valence electrons. The van der Waals surface area contributed by atoms with Crippen molar-refractivity contribution in [1.82, 2.24) is 4.98 Å². The number of aromatic nitrogens is 1. The summed E-state index contributed by atoms with van der Waals surface area (Å²) in [4.78, 5) is 16.5. The van der Waals surface area contributed by atoms with Gasteiger partial charge >= 0.3 is 0 Å². The Morgan fingerprint density at radius 1 is 1.11 bits per heavy atom. The van der Waals surface area contributed by atoms with Crippen LogP contribution in [-0.2, 0) is 0 Å². The first kappa shape index (κ1) is 13.1. The molecule has 2 aromatic rings. The van der Waals surface area contributed by atoms with E-state index in [4.69, 9.17) is 9.47 Å². The van der Waals surface area contributed by atoms with Gasteiger partial charge in [-0.3, -0.25) is 9.78 Å². The van der Waals surface area contributed by atoms with Crippen molar-refractivity contribution in [3.05, 3.63) is 53.3 Å². The Morgan fingerprint density at radius 2 is 1.74 bits per heavy atom. The van der Waals surface area contributed by atoms with Crippen LogP contribution in [0.25, 0.3) is 0 Å². The van der Waals surface area contributed by atoms with Crippen molar-refractivity contribution in [3.8, 4) is 11.5 Å². The zero-order valence-corrected chi connectivity index (χ0v) is 11.1. The standard InChI is InChI=1S/C15H15NO3/c1-10-9-16-5-4-14(10)15(17)11-6-12(18-2)8-13(7-11)19-3/h4-9H,1-3H3. The third kappa shape index (κ3) is 2.73. The van der Waals surface area contributed by atoms with Gasteiger partial charge in [0.15, 0.2) is 5.78 Å². The number of aryl methyl sites for hydroxylation is 1. The highest BCUT2D eigenvalue weighted by Gasteiger charge is 2.14. The van der Waals surface area contributed by atoms with Crippen molar-refractivity contribution in [3.63, 3.8) is 0 Å². The minimum absolute atomic E-state index is 0.0721. The summed E-state index contributed by atoms with van der Waals surface area (Å²) in [6, 6.07) is 6.84. The van der Waals surface area contributed by atoms with Crippen LogP contribution in [0.4, 0.5) is 0 Å². The van der Waals surface area contributed by atoms with E-state index in [-0.39, 0.29) is 5.78 Å². The Balaban J connectivity index is 2.47. The van der Waals surface area contributed by atoms with Gasteiger partial charge in [0, 0.05) is 29.6 Å². The van der Waals surface area contributed by atoms with E-state index < -0.39 is 0 Å². The highest BCUT2D eigenvalue weighted by Crippen LogP contribution is 2.24. The molecule has 0 fully saturated rings. The van der Waals surface area contributed by atoms with E-state index in [2.05, 4.69) is 4.98 Å². The molecule has 0 spiro atoms. The minimum Gasteiger partial charge on any atom is -0.497 e. The van der Waals surface area contributed by atoms with Crippen LogP contribution in [0.1, 0.15) is 21.5 Å². The van der Waals surface area contributed by atoms with E-state index >= 15 is 0 Å². The van der Waals surface area contributed by atoms with E-state index in [1.54, 1.807) is 50.9 Å². The van der Waals surface area contributed by atoms with Crippen LogP contribution in [-0.4, -0.2) is 25.0 Å². The number of hydrogen-bond acceptors (Lipinski definition) is 4. The number of methoxy groups -OCH3 is 2. The third-order valence-electron chi connectivity index (χ3n) is 2.88. The second-order valence-corrected chi connectivity index (χ2v) is 4.12. The normalized spacial score (nSPS) is 10.1. The van der Waals surface area contributed by atoms with E-state index in [1.807, 2.05) is 6.92 Å². The van der Waals surface area contributed by atoms with Crippen LogP contribution >= 0.6 is 0 Å². The fraction of sp³-hybridized carbons (Fsp3) is 0.200. The van der Waals surface area contributed by atoms with Gasteiger partial charge in [-0.25, -0.2) is 0 Å². The summed E-state index contributed by atoms with van der Waals surface area (Å²) in [6.45, 7) is 1.86. The molecule has 2 rings (SSSR count). The third-order valence-corrected chi connectivity index (χ3v) is 2.88. The lowest BCUT2D eigenvalue weighted by atomic mass is 10.0. The van der Waals surface area contributed by atoms with Crippen LogP contribution < -0.4 is 9.47 Å². The average Bonchev–Trinajstić information content (AvgIpc) is 2.46. The molecule has 0 aliphatic carbocycles. The van der Waals surface area contributed by atoms with E-state index in [0.29, 0.717) is 22.6 Å². The first-order valence-electron chi connectivity index (χ1n) is 5.84. The second kappa shape index (κ2) is 5.52. The molecular formula is C15H15NO3. The Morgan fingerprint density at radius 3 is 2.26 bits per heavy atom. The Labute approximate surface area is 112 Å². The average molecular weight is 257 g/mol. The summed E-state index contributed by atoms with van der Waals surface area (Å²) in [7, 11) is 3.11. The quantitative estimate of drug-likeness (QED) is 0.790. The van der Waals surface area contributed by atoms with Crippen molar-refractivity contribution < 1.29 is 14.3 Å². The molecular weight excluding hydrogens is 242 g/mol. The minimum atomic E-state index is -0.0721. The highest BCUT2D eigenvalue weighted by molar-refractivity contribution is 6.10. The molecule has 0 atom stereocenters. The van der Waals surface area contributed by atoms with Gasteiger partial charge in [-0.2, -0.15) is 0 Å². The van der Waals surface area contributed by atoms with E-state index in [0.717, 1.165) is 5.56 Å². The first-order chi connectivity index (χ1) is 9.15. The Kier molecular flexibility index (Phi) is 3.80. The maximum Gasteiger partial charge on any atom is 0.193 e. The van der Waals surface area contributed by atoms with Gasteiger partial charge in [0.2, 0.25) is 0 Å². The number of carbonyl (C=O) groups excluding carboxylic acids is 1. The van der Waals surface area contributed by atoms with Crippen molar-refractivity contribution in [2.45, 2.75) is 6.92 Å². The summed E-state index contributed by atoms with van der Waals surface area (Å²) >= 11 is 0. The van der Waals surface area contributed by atoms with Gasteiger partial charge in [-0.1, -0.05) is 0 Å². The number of rotatable bonds is 4. The molecule has 1 heterocycles. The van der Waals surface area contributed by atoms with Gasteiger partial charge in [0.25, 0.3) is 0 Å². The number of ketones is 1. The molecule has 0 saturated carbocycles. The summed E-state index contributed by atoms with van der Waals surface area (Å²) < 4.78 is 10.3. The molecule has 1 aromatic carbocycles. The van der Waals surface area contributed by atoms with Crippen molar-refractivity contribution in [2.24, 2.45) is 0 Å². The number of pyridine rings is 1. The van der Waals surface area contributed by atoms with Gasteiger partial charge in [0.05, 0.1) is 14.2 Å². The van der Waals surface area contributed by atoms with Gasteiger partial charge < -0.3 is 9.47 Å². The lowest BCUT2D eigenvalue weighted by Crippen LogP contribution is -2.05. The largest absolute Gasteiger partial charge is 0.497 e. The lowest BCUT2D eigenvalue weighted by Gasteiger charge is -2.09. The molecule has 4 heteroatoms. The predicted molar refractivity (Wildman–Crippen MR) is 72.0 cm³/mol. The van der Waals surface area contributed by atoms with Crippen molar-refractivity contribution in [1.29, 1.82) is 0 Å². The predicted octanol–water partition coefficient (Wildman–Crippen LogP) is 2.64. The van der Waals surface area contributed by atoms with Crippen LogP contribution in [0.2, 0.25) is 0 Å². The van der Waals surface area contributed by atoms with Gasteiger partial charge in [-0.05, 0) is 30.7 Å². The summed E-state index contributed by atoms with van der Waals surface area (Å²) in [5, 5.41) is 0. The molecule has 4 nitrogen and oxygen atoms in total. The maximum absolute atomic E-state index is 12.5. The van der Waals surface area contributed by atoms with E-state index in [1.165, 1.54) is 0 Å². The molecule has 0 saturated heterocycles. The monoisotopic (exact) mass is 257 g/mol. The fourth-order valence-electron chi connectivity index (χ4n) is 1.82. The zero-order valence-electron chi connectivity index (χ0n) is 11.1. The highest BCUT2D eigenvalue weighted by atomic mass is 16.5. The number of carbonyl (C=O) groups is 1. The molecule has 0 N–H and O–H groups in total. The number of nitrogens with zero attached hydrogens (tertiary/aromatic N) is 1. The van der Waals surface area contributed by atoms with Gasteiger partial charge in [0.1, 0.15) is 11.5 Å². The molecule has 1 aromatic heterocycles. The Bertz CT molecular complexity index is 586. The lowest BCUT2D eigenvalue weighted by molar-refractivity contribution is 0.103. The zero-order chi connectivity index (χ0) is 13.8. The maximum atomic E-state index is 12.5. The first-order valence-corrected chi connectivity index (χ1v) is 5.84.